The monoisotopic (exact) mass is 362 g/mol. The van der Waals surface area contributed by atoms with E-state index >= 15 is 0 Å². The van der Waals surface area contributed by atoms with E-state index in [2.05, 4.69) is 33.4 Å². The predicted molar refractivity (Wildman–Crippen MR) is 91.2 cm³/mol. The van der Waals surface area contributed by atoms with Crippen molar-refractivity contribution in [2.24, 2.45) is 0 Å². The number of methoxy groups -OCH3 is 1. The molecular weight excluding hydrogens is 348 g/mol. The number of halogens is 1. The first-order valence-electron chi connectivity index (χ1n) is 6.65. The number of rotatable bonds is 4. The number of thiophene rings is 1. The van der Waals surface area contributed by atoms with Gasteiger partial charge in [-0.15, -0.1) is 11.3 Å². The molecule has 0 radical (unpaired) electrons. The van der Waals surface area contributed by atoms with Gasteiger partial charge in [0.1, 0.15) is 5.75 Å². The molecule has 1 heterocycles. The number of hydrogen-bond acceptors (Lipinski definition) is 3. The van der Waals surface area contributed by atoms with Crippen molar-refractivity contribution in [3.8, 4) is 5.75 Å². The highest BCUT2D eigenvalue weighted by Gasteiger charge is 2.16. The molecule has 3 aromatic rings. The van der Waals surface area contributed by atoms with Gasteiger partial charge in [0.2, 0.25) is 0 Å². The second-order valence-corrected chi connectivity index (χ2v) is 6.69. The summed E-state index contributed by atoms with van der Waals surface area (Å²) < 4.78 is 7.56. The molecule has 2 nitrogen and oxygen atoms in total. The Morgan fingerprint density at radius 1 is 1.24 bits per heavy atom. The second kappa shape index (κ2) is 6.18. The molecule has 21 heavy (non-hydrogen) atoms. The lowest BCUT2D eigenvalue weighted by molar-refractivity contribution is 0.174. The topological polar surface area (TPSA) is 29.5 Å². The van der Waals surface area contributed by atoms with E-state index in [1.165, 1.54) is 15.6 Å². The summed E-state index contributed by atoms with van der Waals surface area (Å²) in [6.07, 6.45) is 0.00760. The summed E-state index contributed by atoms with van der Waals surface area (Å²) in [5, 5.41) is 13.9. The summed E-state index contributed by atoms with van der Waals surface area (Å²) in [5.74, 6) is 0.705. The van der Waals surface area contributed by atoms with Crippen LogP contribution in [0.25, 0.3) is 10.1 Å². The first-order chi connectivity index (χ1) is 10.2. The van der Waals surface area contributed by atoms with Gasteiger partial charge < -0.3 is 9.84 Å². The highest BCUT2D eigenvalue weighted by Crippen LogP contribution is 2.33. The van der Waals surface area contributed by atoms with E-state index in [0.717, 1.165) is 10.0 Å². The lowest BCUT2D eigenvalue weighted by atomic mass is 10.0. The first kappa shape index (κ1) is 14.6. The Bertz CT molecular complexity index is 766. The quantitative estimate of drug-likeness (QED) is 0.711. The summed E-state index contributed by atoms with van der Waals surface area (Å²) >= 11 is 5.13. The van der Waals surface area contributed by atoms with Crippen LogP contribution in [-0.4, -0.2) is 12.2 Å². The van der Waals surface area contributed by atoms with E-state index in [4.69, 9.17) is 4.74 Å². The van der Waals surface area contributed by atoms with Gasteiger partial charge in [-0.05, 0) is 34.5 Å². The van der Waals surface area contributed by atoms with Gasteiger partial charge in [0.25, 0.3) is 0 Å². The Balaban J connectivity index is 1.91. The van der Waals surface area contributed by atoms with Crippen molar-refractivity contribution >= 4 is 37.4 Å². The molecule has 0 saturated heterocycles. The maximum absolute atomic E-state index is 10.6. The van der Waals surface area contributed by atoms with E-state index in [9.17, 15) is 5.11 Å². The van der Waals surface area contributed by atoms with E-state index in [0.29, 0.717) is 12.2 Å². The van der Waals surface area contributed by atoms with Crippen molar-refractivity contribution in [2.75, 3.05) is 7.11 Å². The molecule has 3 rings (SSSR count). The molecule has 0 amide bonds. The zero-order chi connectivity index (χ0) is 14.8. The van der Waals surface area contributed by atoms with Gasteiger partial charge in [0.05, 0.1) is 13.2 Å². The molecule has 1 atom stereocenters. The number of fused-ring (bicyclic) bond motifs is 1. The molecule has 4 heteroatoms. The maximum Gasteiger partial charge on any atom is 0.125 e. The SMILES string of the molecule is COc1cc(Br)ccc1C(O)Cc1csc2ccccc12. The average molecular weight is 363 g/mol. The molecule has 1 aromatic heterocycles. The molecule has 0 saturated carbocycles. The Morgan fingerprint density at radius 2 is 2.05 bits per heavy atom. The van der Waals surface area contributed by atoms with Gasteiger partial charge in [-0.25, -0.2) is 0 Å². The van der Waals surface area contributed by atoms with Crippen LogP contribution in [0.2, 0.25) is 0 Å². The highest BCUT2D eigenvalue weighted by molar-refractivity contribution is 9.10. The van der Waals surface area contributed by atoms with E-state index in [-0.39, 0.29) is 0 Å². The fourth-order valence-corrected chi connectivity index (χ4v) is 3.79. The Kier molecular flexibility index (Phi) is 4.29. The van der Waals surface area contributed by atoms with Crippen molar-refractivity contribution in [1.82, 2.24) is 0 Å². The molecule has 0 aliphatic carbocycles. The van der Waals surface area contributed by atoms with Gasteiger partial charge >= 0.3 is 0 Å². The third-order valence-corrected chi connectivity index (χ3v) is 5.03. The summed E-state index contributed by atoms with van der Waals surface area (Å²) in [6, 6.07) is 14.0. The highest BCUT2D eigenvalue weighted by atomic mass is 79.9. The van der Waals surface area contributed by atoms with Crippen molar-refractivity contribution in [3.05, 3.63) is 63.4 Å². The Morgan fingerprint density at radius 3 is 2.86 bits per heavy atom. The van der Waals surface area contributed by atoms with Crippen LogP contribution in [0.5, 0.6) is 5.75 Å². The zero-order valence-corrected chi connectivity index (χ0v) is 13.9. The lowest BCUT2D eigenvalue weighted by Gasteiger charge is -2.15. The second-order valence-electron chi connectivity index (χ2n) is 4.86. The Hall–Kier alpha value is -1.36. The average Bonchev–Trinajstić information content (AvgIpc) is 2.90. The van der Waals surface area contributed by atoms with Crippen molar-refractivity contribution < 1.29 is 9.84 Å². The maximum atomic E-state index is 10.6. The summed E-state index contributed by atoms with van der Waals surface area (Å²) in [7, 11) is 1.62. The van der Waals surface area contributed by atoms with Crippen LogP contribution in [0.3, 0.4) is 0 Å². The van der Waals surface area contributed by atoms with Crippen LogP contribution in [0.15, 0.2) is 52.3 Å². The van der Waals surface area contributed by atoms with Crippen molar-refractivity contribution in [2.45, 2.75) is 12.5 Å². The summed E-state index contributed by atoms with van der Waals surface area (Å²) in [4.78, 5) is 0. The molecule has 0 bridgehead atoms. The lowest BCUT2D eigenvalue weighted by Crippen LogP contribution is -2.03. The molecule has 0 spiro atoms. The van der Waals surface area contributed by atoms with Gasteiger partial charge in [-0.2, -0.15) is 0 Å². The minimum Gasteiger partial charge on any atom is -0.496 e. The van der Waals surface area contributed by atoms with E-state index in [1.54, 1.807) is 18.4 Å². The van der Waals surface area contributed by atoms with Crippen LogP contribution in [-0.2, 0) is 6.42 Å². The zero-order valence-electron chi connectivity index (χ0n) is 11.5. The molecule has 2 aromatic carbocycles. The molecule has 0 fully saturated rings. The standard InChI is InChI=1S/C17H15BrO2S/c1-20-16-9-12(18)6-7-14(16)15(19)8-11-10-21-17-5-3-2-4-13(11)17/h2-7,9-10,15,19H,8H2,1H3. The smallest absolute Gasteiger partial charge is 0.125 e. The minimum atomic E-state index is -0.578. The Labute approximate surface area is 136 Å². The van der Waals surface area contributed by atoms with Gasteiger partial charge in [0, 0.05) is 21.2 Å². The normalized spacial score (nSPS) is 12.5. The number of aliphatic hydroxyl groups excluding tert-OH is 1. The number of hydrogen-bond donors (Lipinski definition) is 1. The molecular formula is C17H15BrO2S. The number of ether oxygens (including phenoxy) is 1. The molecule has 108 valence electrons. The first-order valence-corrected chi connectivity index (χ1v) is 8.33. The van der Waals surface area contributed by atoms with E-state index in [1.807, 2.05) is 30.3 Å². The number of benzene rings is 2. The van der Waals surface area contributed by atoms with Gasteiger partial charge in [0.15, 0.2) is 0 Å². The third kappa shape index (κ3) is 2.98. The van der Waals surface area contributed by atoms with Crippen LogP contribution >= 0.6 is 27.3 Å². The fraction of sp³-hybridized carbons (Fsp3) is 0.176. The largest absolute Gasteiger partial charge is 0.496 e. The van der Waals surface area contributed by atoms with Crippen molar-refractivity contribution in [1.29, 1.82) is 0 Å². The molecule has 1 unspecified atom stereocenters. The van der Waals surface area contributed by atoms with Crippen LogP contribution in [0, 0.1) is 0 Å². The predicted octanol–water partition coefficient (Wildman–Crippen LogP) is 4.95. The summed E-state index contributed by atoms with van der Waals surface area (Å²) in [6.45, 7) is 0. The summed E-state index contributed by atoms with van der Waals surface area (Å²) in [5.41, 5.74) is 1.99. The van der Waals surface area contributed by atoms with Crippen LogP contribution in [0.1, 0.15) is 17.2 Å². The van der Waals surface area contributed by atoms with Crippen molar-refractivity contribution in [3.63, 3.8) is 0 Å². The van der Waals surface area contributed by atoms with Gasteiger partial charge in [-0.3, -0.25) is 0 Å². The fourth-order valence-electron chi connectivity index (χ4n) is 2.47. The number of aliphatic hydroxyl groups is 1. The van der Waals surface area contributed by atoms with Crippen LogP contribution < -0.4 is 4.74 Å². The van der Waals surface area contributed by atoms with Crippen LogP contribution in [0.4, 0.5) is 0 Å². The molecule has 1 N–H and O–H groups in total. The third-order valence-electron chi connectivity index (χ3n) is 3.53. The van der Waals surface area contributed by atoms with E-state index < -0.39 is 6.10 Å². The minimum absolute atomic E-state index is 0.578. The molecule has 0 aliphatic rings. The molecule has 0 aliphatic heterocycles. The van der Waals surface area contributed by atoms with Gasteiger partial charge in [-0.1, -0.05) is 40.2 Å².